The zero-order valence-electron chi connectivity index (χ0n) is 14.6. The average Bonchev–Trinajstić information content (AvgIpc) is 2.56. The molecule has 0 fully saturated rings. The highest BCUT2D eigenvalue weighted by molar-refractivity contribution is 6.33. The number of hydrogen-bond donors (Lipinski definition) is 2. The summed E-state index contributed by atoms with van der Waals surface area (Å²) in [5.41, 5.74) is 1.73. The molecule has 7 heteroatoms. The molecular formula is C19H20ClN3O3. The molecule has 0 saturated heterocycles. The van der Waals surface area contributed by atoms with E-state index in [1.54, 1.807) is 48.5 Å². The molecule has 0 aliphatic carbocycles. The first kappa shape index (κ1) is 19.5. The third-order valence-corrected chi connectivity index (χ3v) is 3.87. The van der Waals surface area contributed by atoms with E-state index in [1.807, 2.05) is 0 Å². The molecule has 3 amide bonds. The number of benzene rings is 2. The van der Waals surface area contributed by atoms with E-state index in [0.29, 0.717) is 22.1 Å². The van der Waals surface area contributed by atoms with Crippen molar-refractivity contribution in [1.82, 2.24) is 0 Å². The quantitative estimate of drug-likeness (QED) is 0.810. The van der Waals surface area contributed by atoms with E-state index in [0.717, 1.165) is 0 Å². The third kappa shape index (κ3) is 5.60. The highest BCUT2D eigenvalue weighted by Gasteiger charge is 2.16. The van der Waals surface area contributed by atoms with Crippen LogP contribution in [0.3, 0.4) is 0 Å². The molecule has 0 atom stereocenters. The van der Waals surface area contributed by atoms with E-state index in [2.05, 4.69) is 10.6 Å². The summed E-state index contributed by atoms with van der Waals surface area (Å²) in [5.74, 6) is -0.632. The minimum absolute atomic E-state index is 0.106. The first-order valence-corrected chi connectivity index (χ1v) is 8.45. The highest BCUT2D eigenvalue weighted by Crippen LogP contribution is 2.25. The van der Waals surface area contributed by atoms with E-state index in [9.17, 15) is 14.4 Å². The fourth-order valence-electron chi connectivity index (χ4n) is 2.43. The van der Waals surface area contributed by atoms with E-state index in [1.165, 1.54) is 18.7 Å². The molecule has 2 N–H and O–H groups in total. The van der Waals surface area contributed by atoms with Gasteiger partial charge in [-0.15, -0.1) is 0 Å². The normalized spacial score (nSPS) is 10.1. The van der Waals surface area contributed by atoms with E-state index in [-0.39, 0.29) is 30.7 Å². The van der Waals surface area contributed by atoms with Crippen LogP contribution in [0.2, 0.25) is 5.02 Å². The summed E-state index contributed by atoms with van der Waals surface area (Å²) in [6.45, 7) is 3.05. The SMILES string of the molecule is CC(=O)Nc1cccc(NC(=O)CCN(C(C)=O)c2ccccc2Cl)c1. The minimum Gasteiger partial charge on any atom is -0.326 e. The third-order valence-electron chi connectivity index (χ3n) is 3.55. The van der Waals surface area contributed by atoms with Crippen molar-refractivity contribution in [2.24, 2.45) is 0 Å². The summed E-state index contributed by atoms with van der Waals surface area (Å²) in [5, 5.41) is 5.86. The van der Waals surface area contributed by atoms with Crippen molar-refractivity contribution in [1.29, 1.82) is 0 Å². The zero-order valence-corrected chi connectivity index (χ0v) is 15.3. The smallest absolute Gasteiger partial charge is 0.226 e. The van der Waals surface area contributed by atoms with Crippen LogP contribution in [0.4, 0.5) is 17.1 Å². The molecule has 0 spiro atoms. The van der Waals surface area contributed by atoms with Crippen molar-refractivity contribution in [3.05, 3.63) is 53.6 Å². The fraction of sp³-hybridized carbons (Fsp3) is 0.211. The first-order valence-electron chi connectivity index (χ1n) is 8.07. The number of anilines is 3. The Balaban J connectivity index is 2.00. The van der Waals surface area contributed by atoms with Crippen molar-refractivity contribution >= 4 is 46.4 Å². The number of hydrogen-bond acceptors (Lipinski definition) is 3. The molecule has 0 aromatic heterocycles. The van der Waals surface area contributed by atoms with Gasteiger partial charge in [-0.1, -0.05) is 29.8 Å². The molecule has 0 aliphatic heterocycles. The molecule has 0 bridgehead atoms. The number of amides is 3. The van der Waals surface area contributed by atoms with Crippen LogP contribution < -0.4 is 15.5 Å². The van der Waals surface area contributed by atoms with Crippen molar-refractivity contribution in [2.75, 3.05) is 22.1 Å². The molecule has 2 rings (SSSR count). The second kappa shape index (κ2) is 9.01. The van der Waals surface area contributed by atoms with Crippen LogP contribution in [0.5, 0.6) is 0 Å². The maximum atomic E-state index is 12.2. The van der Waals surface area contributed by atoms with Gasteiger partial charge in [-0.3, -0.25) is 14.4 Å². The van der Waals surface area contributed by atoms with Crippen LogP contribution in [0.25, 0.3) is 0 Å². The van der Waals surface area contributed by atoms with Crippen LogP contribution in [0.15, 0.2) is 48.5 Å². The fourth-order valence-corrected chi connectivity index (χ4v) is 2.67. The van der Waals surface area contributed by atoms with Gasteiger partial charge in [-0.2, -0.15) is 0 Å². The summed E-state index contributed by atoms with van der Waals surface area (Å²) in [4.78, 5) is 36.7. The lowest BCUT2D eigenvalue weighted by atomic mass is 10.2. The number of carbonyl (C=O) groups is 3. The first-order chi connectivity index (χ1) is 12.4. The van der Waals surface area contributed by atoms with Crippen LogP contribution >= 0.6 is 11.6 Å². The number of halogens is 1. The van der Waals surface area contributed by atoms with Crippen molar-refractivity contribution < 1.29 is 14.4 Å². The minimum atomic E-state index is -0.247. The molecular weight excluding hydrogens is 354 g/mol. The predicted octanol–water partition coefficient (Wildman–Crippen LogP) is 3.68. The summed E-state index contributed by atoms with van der Waals surface area (Å²) in [6.07, 6.45) is 0.106. The van der Waals surface area contributed by atoms with E-state index < -0.39 is 0 Å². The van der Waals surface area contributed by atoms with E-state index >= 15 is 0 Å². The predicted molar refractivity (Wildman–Crippen MR) is 103 cm³/mol. The van der Waals surface area contributed by atoms with E-state index in [4.69, 9.17) is 11.6 Å². The molecule has 136 valence electrons. The van der Waals surface area contributed by atoms with Gasteiger partial charge in [0.15, 0.2) is 0 Å². The highest BCUT2D eigenvalue weighted by atomic mass is 35.5. The van der Waals surface area contributed by atoms with Gasteiger partial charge in [0, 0.05) is 38.2 Å². The van der Waals surface area contributed by atoms with Gasteiger partial charge in [0.25, 0.3) is 0 Å². The molecule has 6 nitrogen and oxygen atoms in total. The Morgan fingerprint density at radius 2 is 1.62 bits per heavy atom. The van der Waals surface area contributed by atoms with Gasteiger partial charge in [0.1, 0.15) is 0 Å². The standard InChI is InChI=1S/C19H20ClN3O3/c1-13(24)21-15-6-5-7-16(12-15)22-19(26)10-11-23(14(2)25)18-9-4-3-8-17(18)20/h3-9,12H,10-11H2,1-2H3,(H,21,24)(H,22,26). The number of rotatable bonds is 6. The molecule has 0 heterocycles. The van der Waals surface area contributed by atoms with Gasteiger partial charge in [-0.05, 0) is 30.3 Å². The summed E-state index contributed by atoms with van der Waals surface area (Å²) >= 11 is 6.14. The van der Waals surface area contributed by atoms with Gasteiger partial charge < -0.3 is 15.5 Å². The van der Waals surface area contributed by atoms with Gasteiger partial charge in [0.05, 0.1) is 10.7 Å². The van der Waals surface area contributed by atoms with Crippen molar-refractivity contribution in [2.45, 2.75) is 20.3 Å². The Kier molecular flexibility index (Phi) is 6.74. The zero-order chi connectivity index (χ0) is 19.1. The van der Waals surface area contributed by atoms with Crippen LogP contribution in [0, 0.1) is 0 Å². The molecule has 0 aliphatic rings. The van der Waals surface area contributed by atoms with Crippen molar-refractivity contribution in [3.8, 4) is 0 Å². The maximum absolute atomic E-state index is 12.2. The summed E-state index contributed by atoms with van der Waals surface area (Å²) < 4.78 is 0. The van der Waals surface area contributed by atoms with Crippen LogP contribution in [-0.4, -0.2) is 24.3 Å². The average molecular weight is 374 g/mol. The number of carbonyl (C=O) groups excluding carboxylic acids is 3. The topological polar surface area (TPSA) is 78.5 Å². The van der Waals surface area contributed by atoms with Crippen LogP contribution in [0.1, 0.15) is 20.3 Å². The molecule has 0 saturated carbocycles. The number of para-hydroxylation sites is 1. The maximum Gasteiger partial charge on any atom is 0.226 e. The van der Waals surface area contributed by atoms with Gasteiger partial charge in [0.2, 0.25) is 17.7 Å². The second-order valence-electron chi connectivity index (χ2n) is 5.68. The summed E-state index contributed by atoms with van der Waals surface area (Å²) in [7, 11) is 0. The Labute approximate surface area is 157 Å². The van der Waals surface area contributed by atoms with Crippen LogP contribution in [-0.2, 0) is 14.4 Å². The van der Waals surface area contributed by atoms with Gasteiger partial charge >= 0.3 is 0 Å². The van der Waals surface area contributed by atoms with Crippen molar-refractivity contribution in [3.63, 3.8) is 0 Å². The number of nitrogens with zero attached hydrogens (tertiary/aromatic N) is 1. The Bertz CT molecular complexity index is 823. The van der Waals surface area contributed by atoms with Gasteiger partial charge in [-0.25, -0.2) is 0 Å². The molecule has 2 aromatic carbocycles. The lowest BCUT2D eigenvalue weighted by molar-refractivity contribution is -0.117. The monoisotopic (exact) mass is 373 g/mol. The molecule has 0 unspecified atom stereocenters. The molecule has 2 aromatic rings. The molecule has 0 radical (unpaired) electrons. The largest absolute Gasteiger partial charge is 0.326 e. The number of nitrogens with one attached hydrogen (secondary N) is 2. The lowest BCUT2D eigenvalue weighted by Crippen LogP contribution is -2.32. The molecule has 26 heavy (non-hydrogen) atoms. The Morgan fingerprint density at radius 3 is 2.23 bits per heavy atom. The second-order valence-corrected chi connectivity index (χ2v) is 6.09. The Morgan fingerprint density at radius 1 is 0.962 bits per heavy atom. The Hall–Kier alpha value is -2.86. The summed E-state index contributed by atoms with van der Waals surface area (Å²) in [6, 6.07) is 13.8. The lowest BCUT2D eigenvalue weighted by Gasteiger charge is -2.22.